The van der Waals surface area contributed by atoms with E-state index in [-0.39, 0.29) is 33.1 Å². The highest BCUT2D eigenvalue weighted by molar-refractivity contribution is 6.43. The molecule has 3 aromatic rings. The molecule has 4 unspecified atom stereocenters. The number of hydrogen-bond donors (Lipinski definition) is 1. The van der Waals surface area contributed by atoms with Crippen LogP contribution in [0.4, 0.5) is 22.7 Å². The van der Waals surface area contributed by atoms with Gasteiger partial charge in [0.05, 0.1) is 26.4 Å². The minimum Gasteiger partial charge on any atom is -0.356 e. The number of epoxide rings is 1. The van der Waals surface area contributed by atoms with Crippen LogP contribution in [0, 0.1) is 12.8 Å². The maximum Gasteiger partial charge on any atom is 0.280 e. The largest absolute Gasteiger partial charge is 0.356 e. The molecule has 2 heterocycles. The molecule has 9 nitrogen and oxygen atoms in total. The summed E-state index contributed by atoms with van der Waals surface area (Å²) in [5, 5.41) is 10.8. The van der Waals surface area contributed by atoms with Crippen molar-refractivity contribution in [2.45, 2.75) is 64.2 Å². The first kappa shape index (κ1) is 32.7. The van der Waals surface area contributed by atoms with Crippen LogP contribution in [0.1, 0.15) is 45.1 Å². The maximum absolute atomic E-state index is 13.8. The van der Waals surface area contributed by atoms with E-state index in [4.69, 9.17) is 56.1 Å². The number of hydrogen-bond acceptors (Lipinski definition) is 6. The first-order valence-corrected chi connectivity index (χ1v) is 16.6. The fourth-order valence-corrected chi connectivity index (χ4v) is 7.31. The van der Waals surface area contributed by atoms with Crippen LogP contribution in [0.25, 0.3) is 0 Å². The fraction of sp³-hybridized carbons (Fsp3) is 0.364. The Hall–Kier alpha value is -3.21. The van der Waals surface area contributed by atoms with Gasteiger partial charge in [-0.2, -0.15) is 10.2 Å². The molecule has 3 aliphatic rings. The van der Waals surface area contributed by atoms with Crippen molar-refractivity contribution in [2.75, 3.05) is 16.5 Å². The lowest BCUT2D eigenvalue weighted by Crippen LogP contribution is -2.38. The zero-order chi connectivity index (χ0) is 32.7. The van der Waals surface area contributed by atoms with Crippen molar-refractivity contribution >= 4 is 86.8 Å². The third kappa shape index (κ3) is 6.49. The number of carbonyl (C=O) groups is 2. The lowest BCUT2D eigenvalue weighted by Gasteiger charge is -2.26. The van der Waals surface area contributed by atoms with E-state index in [1.54, 1.807) is 35.2 Å². The van der Waals surface area contributed by atoms with Gasteiger partial charge in [-0.1, -0.05) is 83.9 Å². The average molecular weight is 702 g/mol. The predicted molar refractivity (Wildman–Crippen MR) is 183 cm³/mol. The van der Waals surface area contributed by atoms with Crippen molar-refractivity contribution in [2.24, 2.45) is 21.1 Å². The number of anilines is 2. The highest BCUT2D eigenvalue weighted by atomic mass is 35.5. The molecule has 1 saturated carbocycles. The van der Waals surface area contributed by atoms with Gasteiger partial charge in [0.2, 0.25) is 6.04 Å². The Balaban J connectivity index is 1.34. The lowest BCUT2D eigenvalue weighted by molar-refractivity contribution is -0.120. The molecule has 3 aromatic carbocycles. The first-order valence-electron chi connectivity index (χ1n) is 15.1. The zero-order valence-corrected chi connectivity index (χ0v) is 28.5. The summed E-state index contributed by atoms with van der Waals surface area (Å²) < 4.78 is 6.07. The van der Waals surface area contributed by atoms with Gasteiger partial charge in [-0.05, 0) is 75.1 Å². The van der Waals surface area contributed by atoms with Crippen molar-refractivity contribution < 1.29 is 14.3 Å². The molecule has 1 spiro atoms. The second-order valence-corrected chi connectivity index (χ2v) is 13.6. The van der Waals surface area contributed by atoms with Crippen molar-refractivity contribution in [3.63, 3.8) is 0 Å². The topological polar surface area (TPSA) is 102 Å². The van der Waals surface area contributed by atoms with E-state index in [0.717, 1.165) is 31.2 Å². The summed E-state index contributed by atoms with van der Waals surface area (Å²) in [7, 11) is 0. The highest BCUT2D eigenvalue weighted by Gasteiger charge is 2.62. The summed E-state index contributed by atoms with van der Waals surface area (Å²) in [6, 6.07) is 14.3. The molecule has 0 bridgehead atoms. The number of rotatable bonds is 7. The number of benzene rings is 3. The minimum atomic E-state index is -1.18. The molecule has 0 radical (unpaired) electrons. The Bertz CT molecular complexity index is 1730. The maximum atomic E-state index is 13.8. The Kier molecular flexibility index (Phi) is 9.33. The predicted octanol–water partition coefficient (Wildman–Crippen LogP) is 9.04. The van der Waals surface area contributed by atoms with E-state index in [9.17, 15) is 9.59 Å². The number of aryl methyl sites for hydroxylation is 1. The van der Waals surface area contributed by atoms with Gasteiger partial charge in [0.25, 0.3) is 11.8 Å². The molecule has 2 amide bonds. The normalized spacial score (nSPS) is 25.0. The highest BCUT2D eigenvalue weighted by Crippen LogP contribution is 2.51. The second kappa shape index (κ2) is 13.1. The van der Waals surface area contributed by atoms with Gasteiger partial charge >= 0.3 is 0 Å². The molecule has 0 aromatic heterocycles. The molecule has 4 atom stereocenters. The Morgan fingerprint density at radius 1 is 1.07 bits per heavy atom. The Morgan fingerprint density at radius 2 is 1.78 bits per heavy atom. The quantitative estimate of drug-likeness (QED) is 0.196. The third-order valence-corrected chi connectivity index (χ3v) is 9.63. The number of carbonyl (C=O) groups excluding carboxylic acids is 2. The summed E-state index contributed by atoms with van der Waals surface area (Å²) in [4.78, 5) is 33.9. The monoisotopic (exact) mass is 700 g/mol. The molecular weight excluding hydrogens is 670 g/mol. The van der Waals surface area contributed by atoms with Crippen LogP contribution in [0.5, 0.6) is 0 Å². The van der Waals surface area contributed by atoms with Gasteiger partial charge in [0.15, 0.2) is 11.9 Å². The molecule has 1 N–H and O–H groups in total. The lowest BCUT2D eigenvalue weighted by atomic mass is 9.80. The fourth-order valence-electron chi connectivity index (χ4n) is 6.17. The van der Waals surface area contributed by atoms with Crippen LogP contribution < -0.4 is 15.3 Å². The summed E-state index contributed by atoms with van der Waals surface area (Å²) >= 11 is 25.7. The van der Waals surface area contributed by atoms with Gasteiger partial charge < -0.3 is 9.64 Å². The smallest absolute Gasteiger partial charge is 0.280 e. The number of likely N-dealkylation sites (N-methyl/N-ethyl adjacent to an activating group) is 1. The molecule has 46 heavy (non-hydrogen) atoms. The van der Waals surface area contributed by atoms with Crippen LogP contribution in [-0.2, 0) is 14.3 Å². The van der Waals surface area contributed by atoms with E-state index in [2.05, 4.69) is 22.6 Å². The van der Waals surface area contributed by atoms with Crippen molar-refractivity contribution in [3.8, 4) is 0 Å². The SMILES string of the molecule is CCN(C(=O)C1OC12CCCC(C)C2)c1ccc(Cl)c(N=C2NN(c3c(Cl)cc(Cl)cc3Cl)C(=O)C2N=Nc2ccc(C)cc2)c1. The number of halogens is 4. The van der Waals surface area contributed by atoms with Crippen LogP contribution in [0.2, 0.25) is 20.1 Å². The van der Waals surface area contributed by atoms with Gasteiger partial charge in [-0.15, -0.1) is 0 Å². The van der Waals surface area contributed by atoms with E-state index in [0.29, 0.717) is 39.6 Å². The number of nitrogens with zero attached hydrogens (tertiary/aromatic N) is 5. The molecule has 2 saturated heterocycles. The summed E-state index contributed by atoms with van der Waals surface area (Å²) in [5.74, 6) is 0.0532. The van der Waals surface area contributed by atoms with Crippen molar-refractivity contribution in [1.82, 2.24) is 5.43 Å². The first-order chi connectivity index (χ1) is 22.0. The van der Waals surface area contributed by atoms with E-state index >= 15 is 0 Å². The summed E-state index contributed by atoms with van der Waals surface area (Å²) in [6.45, 7) is 6.50. The van der Waals surface area contributed by atoms with E-state index in [1.807, 2.05) is 26.0 Å². The van der Waals surface area contributed by atoms with Crippen LogP contribution in [0.3, 0.4) is 0 Å². The van der Waals surface area contributed by atoms with E-state index in [1.165, 1.54) is 17.1 Å². The summed E-state index contributed by atoms with van der Waals surface area (Å²) in [6.07, 6.45) is 3.51. The number of azo groups is 1. The average Bonchev–Trinajstić information content (AvgIpc) is 3.60. The molecule has 6 rings (SSSR count). The van der Waals surface area contributed by atoms with Crippen LogP contribution >= 0.6 is 46.4 Å². The van der Waals surface area contributed by atoms with Crippen molar-refractivity contribution in [1.29, 1.82) is 0 Å². The van der Waals surface area contributed by atoms with Gasteiger partial charge in [-0.25, -0.2) is 10.0 Å². The van der Waals surface area contributed by atoms with Gasteiger partial charge in [-0.3, -0.25) is 15.0 Å². The number of hydrazine groups is 1. The van der Waals surface area contributed by atoms with E-state index < -0.39 is 18.1 Å². The number of nitrogens with one attached hydrogen (secondary N) is 1. The molecule has 13 heteroatoms. The number of aliphatic imine (C=N–C) groups is 1. The Morgan fingerprint density at radius 3 is 2.46 bits per heavy atom. The molecule has 2 aliphatic heterocycles. The standard InChI is InChI=1S/C33H32Cl4N6O3/c1-4-42(32(45)29-33(46-29)13-5-6-19(3)17-33)22-11-12-23(35)26(16-22)38-30-27(40-39-21-9-7-18(2)8-10-21)31(44)43(41-30)28-24(36)14-20(34)15-25(28)37/h7-12,14-16,19,27,29H,4-6,13,17H2,1-3H3,(H,38,41). The zero-order valence-electron chi connectivity index (χ0n) is 25.4. The molecular formula is C33H32Cl4N6O3. The van der Waals surface area contributed by atoms with Crippen LogP contribution in [0.15, 0.2) is 69.8 Å². The van der Waals surface area contributed by atoms with Crippen LogP contribution in [-0.4, -0.2) is 41.9 Å². The molecule has 1 aliphatic carbocycles. The summed E-state index contributed by atoms with van der Waals surface area (Å²) in [5.41, 5.74) is 5.37. The molecule has 240 valence electrons. The third-order valence-electron chi connectivity index (χ3n) is 8.52. The van der Waals surface area contributed by atoms with Gasteiger partial charge in [0.1, 0.15) is 11.3 Å². The Labute approximate surface area is 287 Å². The number of ether oxygens (including phenoxy) is 1. The molecule has 3 fully saturated rings. The van der Waals surface area contributed by atoms with Crippen molar-refractivity contribution in [3.05, 3.63) is 80.3 Å². The second-order valence-electron chi connectivity index (χ2n) is 11.9. The minimum absolute atomic E-state index is 0.0883. The number of amidine groups is 1. The van der Waals surface area contributed by atoms with Gasteiger partial charge in [0, 0.05) is 17.3 Å². The number of amides is 2.